The molecule has 0 aromatic heterocycles. The molecule has 2 nitrogen and oxygen atoms in total. The SMILES string of the molecule is CNC1=CCCN(C)C1. The summed E-state index contributed by atoms with van der Waals surface area (Å²) in [4.78, 5) is 2.31. The van der Waals surface area contributed by atoms with Crippen molar-refractivity contribution in [2.24, 2.45) is 0 Å². The van der Waals surface area contributed by atoms with Crippen molar-refractivity contribution in [2.75, 3.05) is 27.2 Å². The minimum Gasteiger partial charge on any atom is -0.391 e. The van der Waals surface area contributed by atoms with Crippen LogP contribution in [-0.2, 0) is 0 Å². The summed E-state index contributed by atoms with van der Waals surface area (Å²) in [5.74, 6) is 0. The van der Waals surface area contributed by atoms with E-state index < -0.39 is 0 Å². The van der Waals surface area contributed by atoms with Crippen molar-refractivity contribution in [1.29, 1.82) is 0 Å². The molecule has 1 aliphatic rings. The summed E-state index contributed by atoms with van der Waals surface area (Å²) >= 11 is 0. The Morgan fingerprint density at radius 3 is 2.89 bits per heavy atom. The summed E-state index contributed by atoms with van der Waals surface area (Å²) in [6.45, 7) is 2.28. The van der Waals surface area contributed by atoms with E-state index in [0.29, 0.717) is 0 Å². The van der Waals surface area contributed by atoms with Gasteiger partial charge in [0, 0.05) is 25.8 Å². The molecule has 0 radical (unpaired) electrons. The van der Waals surface area contributed by atoms with Gasteiger partial charge in [0.25, 0.3) is 0 Å². The maximum absolute atomic E-state index is 3.15. The second-order valence-corrected chi connectivity index (χ2v) is 2.51. The molecular formula is C7H14N2. The van der Waals surface area contributed by atoms with Crippen LogP contribution in [0, 0.1) is 0 Å². The van der Waals surface area contributed by atoms with Crippen molar-refractivity contribution >= 4 is 0 Å². The van der Waals surface area contributed by atoms with Crippen LogP contribution in [0.25, 0.3) is 0 Å². The molecule has 1 aliphatic heterocycles. The molecule has 0 saturated heterocycles. The predicted molar refractivity (Wildman–Crippen MR) is 39.3 cm³/mol. The van der Waals surface area contributed by atoms with E-state index in [1.54, 1.807) is 0 Å². The highest BCUT2D eigenvalue weighted by atomic mass is 15.1. The van der Waals surface area contributed by atoms with Gasteiger partial charge in [0.05, 0.1) is 0 Å². The molecule has 0 unspecified atom stereocenters. The summed E-state index contributed by atoms with van der Waals surface area (Å²) in [6, 6.07) is 0. The molecular weight excluding hydrogens is 112 g/mol. The molecule has 0 amide bonds. The van der Waals surface area contributed by atoms with Crippen molar-refractivity contribution in [1.82, 2.24) is 10.2 Å². The number of hydrogen-bond donors (Lipinski definition) is 1. The third-order valence-electron chi connectivity index (χ3n) is 1.66. The highest BCUT2D eigenvalue weighted by Gasteiger charge is 2.04. The van der Waals surface area contributed by atoms with Crippen LogP contribution in [0.15, 0.2) is 11.8 Å². The Morgan fingerprint density at radius 1 is 1.67 bits per heavy atom. The fourth-order valence-electron chi connectivity index (χ4n) is 1.07. The maximum Gasteiger partial charge on any atom is 0.0375 e. The van der Waals surface area contributed by atoms with Crippen LogP contribution in [-0.4, -0.2) is 32.1 Å². The van der Waals surface area contributed by atoms with Crippen LogP contribution in [0.3, 0.4) is 0 Å². The lowest BCUT2D eigenvalue weighted by atomic mass is 10.2. The van der Waals surface area contributed by atoms with E-state index in [9.17, 15) is 0 Å². The largest absolute Gasteiger partial charge is 0.391 e. The first-order valence-corrected chi connectivity index (χ1v) is 3.38. The van der Waals surface area contributed by atoms with Crippen LogP contribution >= 0.6 is 0 Å². The first kappa shape index (κ1) is 6.62. The lowest BCUT2D eigenvalue weighted by molar-refractivity contribution is 0.347. The Labute approximate surface area is 56.5 Å². The molecule has 1 rings (SSSR count). The van der Waals surface area contributed by atoms with Crippen molar-refractivity contribution in [3.8, 4) is 0 Å². The zero-order chi connectivity index (χ0) is 6.69. The Kier molecular flexibility index (Phi) is 2.11. The topological polar surface area (TPSA) is 15.3 Å². The summed E-state index contributed by atoms with van der Waals surface area (Å²) in [7, 11) is 4.12. The van der Waals surface area contributed by atoms with Crippen molar-refractivity contribution in [3.05, 3.63) is 11.8 Å². The average molecular weight is 126 g/mol. The molecule has 0 saturated carbocycles. The summed E-state index contributed by atoms with van der Waals surface area (Å²) < 4.78 is 0. The van der Waals surface area contributed by atoms with Gasteiger partial charge >= 0.3 is 0 Å². The molecule has 0 aromatic carbocycles. The molecule has 0 atom stereocenters. The lowest BCUT2D eigenvalue weighted by Gasteiger charge is -2.22. The van der Waals surface area contributed by atoms with Crippen molar-refractivity contribution in [2.45, 2.75) is 6.42 Å². The number of nitrogens with zero attached hydrogens (tertiary/aromatic N) is 1. The fraction of sp³-hybridized carbons (Fsp3) is 0.714. The molecule has 0 aromatic rings. The number of rotatable bonds is 1. The van der Waals surface area contributed by atoms with Crippen LogP contribution in [0.4, 0.5) is 0 Å². The lowest BCUT2D eigenvalue weighted by Crippen LogP contribution is -2.29. The predicted octanol–water partition coefficient (Wildman–Crippen LogP) is 0.425. The third kappa shape index (κ3) is 1.72. The summed E-state index contributed by atoms with van der Waals surface area (Å²) in [5, 5.41) is 3.15. The first-order valence-electron chi connectivity index (χ1n) is 3.38. The fourth-order valence-corrected chi connectivity index (χ4v) is 1.07. The summed E-state index contributed by atoms with van der Waals surface area (Å²) in [5.41, 5.74) is 1.35. The monoisotopic (exact) mass is 126 g/mol. The van der Waals surface area contributed by atoms with Gasteiger partial charge in [0.1, 0.15) is 0 Å². The molecule has 52 valence electrons. The summed E-state index contributed by atoms with van der Waals surface area (Å²) in [6.07, 6.45) is 3.45. The van der Waals surface area contributed by atoms with Gasteiger partial charge in [-0.1, -0.05) is 6.08 Å². The third-order valence-corrected chi connectivity index (χ3v) is 1.66. The molecule has 0 spiro atoms. The minimum atomic E-state index is 1.08. The Morgan fingerprint density at radius 2 is 2.44 bits per heavy atom. The van der Waals surface area contributed by atoms with E-state index in [4.69, 9.17) is 0 Å². The smallest absolute Gasteiger partial charge is 0.0375 e. The van der Waals surface area contributed by atoms with Gasteiger partial charge in [-0.3, -0.25) is 0 Å². The van der Waals surface area contributed by atoms with Crippen molar-refractivity contribution < 1.29 is 0 Å². The molecule has 0 fully saturated rings. The van der Waals surface area contributed by atoms with Gasteiger partial charge in [-0.25, -0.2) is 0 Å². The molecule has 9 heavy (non-hydrogen) atoms. The van der Waals surface area contributed by atoms with E-state index in [1.807, 2.05) is 7.05 Å². The number of likely N-dealkylation sites (N-methyl/N-ethyl adjacent to an activating group) is 2. The zero-order valence-electron chi connectivity index (χ0n) is 6.15. The average Bonchev–Trinajstić information content (AvgIpc) is 1.88. The minimum absolute atomic E-state index is 1.08. The van der Waals surface area contributed by atoms with E-state index in [0.717, 1.165) is 6.54 Å². The normalized spacial score (nSPS) is 21.3. The highest BCUT2D eigenvalue weighted by molar-refractivity contribution is 5.04. The van der Waals surface area contributed by atoms with E-state index >= 15 is 0 Å². The van der Waals surface area contributed by atoms with Gasteiger partial charge in [0.2, 0.25) is 0 Å². The van der Waals surface area contributed by atoms with Crippen LogP contribution in [0.2, 0.25) is 0 Å². The molecule has 0 aliphatic carbocycles. The Balaban J connectivity index is 2.43. The first-order chi connectivity index (χ1) is 4.33. The highest BCUT2D eigenvalue weighted by Crippen LogP contribution is 2.02. The van der Waals surface area contributed by atoms with Crippen molar-refractivity contribution in [3.63, 3.8) is 0 Å². The van der Waals surface area contributed by atoms with E-state index in [-0.39, 0.29) is 0 Å². The van der Waals surface area contributed by atoms with Gasteiger partial charge in [-0.15, -0.1) is 0 Å². The quantitative estimate of drug-likeness (QED) is 0.548. The molecule has 1 N–H and O–H groups in total. The number of hydrogen-bond acceptors (Lipinski definition) is 2. The molecule has 2 heteroatoms. The number of nitrogens with one attached hydrogen (secondary N) is 1. The maximum atomic E-state index is 3.15. The second-order valence-electron chi connectivity index (χ2n) is 2.51. The molecule has 0 bridgehead atoms. The Bertz CT molecular complexity index is 118. The van der Waals surface area contributed by atoms with Crippen LogP contribution < -0.4 is 5.32 Å². The Hall–Kier alpha value is -0.500. The van der Waals surface area contributed by atoms with Crippen LogP contribution in [0.1, 0.15) is 6.42 Å². The van der Waals surface area contributed by atoms with Gasteiger partial charge in [0.15, 0.2) is 0 Å². The standard InChI is InChI=1S/C7H14N2/c1-8-7-4-3-5-9(2)6-7/h4,8H,3,5-6H2,1-2H3. The second kappa shape index (κ2) is 2.87. The zero-order valence-corrected chi connectivity index (χ0v) is 6.15. The van der Waals surface area contributed by atoms with E-state index in [1.165, 1.54) is 18.7 Å². The molecule has 1 heterocycles. The van der Waals surface area contributed by atoms with Gasteiger partial charge in [-0.05, 0) is 13.5 Å². The van der Waals surface area contributed by atoms with E-state index in [2.05, 4.69) is 23.3 Å². The van der Waals surface area contributed by atoms with Gasteiger partial charge in [-0.2, -0.15) is 0 Å². The van der Waals surface area contributed by atoms with Gasteiger partial charge < -0.3 is 10.2 Å². The van der Waals surface area contributed by atoms with Crippen LogP contribution in [0.5, 0.6) is 0 Å².